The number of fused-ring (bicyclic) bond motifs is 1. The number of benzene rings is 1. The number of aryl methyl sites for hydroxylation is 1. The van der Waals surface area contributed by atoms with Crippen LogP contribution in [-0.4, -0.2) is 51.0 Å². The first-order valence-corrected chi connectivity index (χ1v) is 9.03. The first-order valence-electron chi connectivity index (χ1n) is 9.03. The summed E-state index contributed by atoms with van der Waals surface area (Å²) in [5.74, 6) is -0.528. The minimum absolute atomic E-state index is 0.0963. The predicted molar refractivity (Wildman–Crippen MR) is 93.1 cm³/mol. The molecule has 2 aliphatic rings. The van der Waals surface area contributed by atoms with Crippen LogP contribution in [0.25, 0.3) is 0 Å². The van der Waals surface area contributed by atoms with E-state index in [0.717, 1.165) is 37.9 Å². The number of amides is 2. The Morgan fingerprint density at radius 1 is 1.04 bits per heavy atom. The third-order valence-electron chi connectivity index (χ3n) is 4.98. The van der Waals surface area contributed by atoms with Gasteiger partial charge in [-0.2, -0.15) is 5.10 Å². The molecule has 0 bridgehead atoms. The SMILES string of the molecule is O=C(c1cc2n(n1)CCCN(Cc1ccc(F)cc1)C2=O)N1CCCC1. The molecular weight excluding hydrogens is 335 g/mol. The van der Waals surface area contributed by atoms with Gasteiger partial charge in [-0.1, -0.05) is 12.1 Å². The van der Waals surface area contributed by atoms with E-state index in [2.05, 4.69) is 5.10 Å². The van der Waals surface area contributed by atoms with E-state index >= 15 is 0 Å². The number of rotatable bonds is 3. The summed E-state index contributed by atoms with van der Waals surface area (Å²) >= 11 is 0. The van der Waals surface area contributed by atoms with E-state index in [1.807, 2.05) is 0 Å². The molecule has 2 aliphatic heterocycles. The Labute approximate surface area is 151 Å². The molecule has 136 valence electrons. The molecule has 2 aromatic rings. The van der Waals surface area contributed by atoms with Gasteiger partial charge in [0.1, 0.15) is 11.5 Å². The molecule has 0 spiro atoms. The van der Waals surface area contributed by atoms with E-state index in [1.54, 1.807) is 32.7 Å². The van der Waals surface area contributed by atoms with Crippen molar-refractivity contribution in [2.45, 2.75) is 32.4 Å². The van der Waals surface area contributed by atoms with Crippen LogP contribution in [0, 0.1) is 5.82 Å². The molecule has 4 rings (SSSR count). The lowest BCUT2D eigenvalue weighted by Crippen LogP contribution is -2.30. The van der Waals surface area contributed by atoms with Crippen molar-refractivity contribution >= 4 is 11.8 Å². The highest BCUT2D eigenvalue weighted by Gasteiger charge is 2.28. The Morgan fingerprint density at radius 2 is 1.77 bits per heavy atom. The van der Waals surface area contributed by atoms with Gasteiger partial charge >= 0.3 is 0 Å². The maximum absolute atomic E-state index is 13.1. The van der Waals surface area contributed by atoms with Gasteiger partial charge in [-0.3, -0.25) is 14.3 Å². The fourth-order valence-corrected chi connectivity index (χ4v) is 3.58. The van der Waals surface area contributed by atoms with Crippen molar-refractivity contribution in [3.05, 3.63) is 53.1 Å². The van der Waals surface area contributed by atoms with Gasteiger partial charge in [-0.25, -0.2) is 4.39 Å². The van der Waals surface area contributed by atoms with Crippen LogP contribution in [0.5, 0.6) is 0 Å². The fourth-order valence-electron chi connectivity index (χ4n) is 3.58. The maximum Gasteiger partial charge on any atom is 0.274 e. The predicted octanol–water partition coefficient (Wildman–Crippen LogP) is 2.30. The average Bonchev–Trinajstić information content (AvgIpc) is 3.29. The second kappa shape index (κ2) is 6.90. The van der Waals surface area contributed by atoms with Gasteiger partial charge in [0, 0.05) is 38.8 Å². The first-order chi connectivity index (χ1) is 12.6. The second-order valence-electron chi connectivity index (χ2n) is 6.84. The normalized spacial score (nSPS) is 17.3. The number of halogens is 1. The molecule has 2 amide bonds. The molecule has 1 aromatic carbocycles. The largest absolute Gasteiger partial charge is 0.337 e. The van der Waals surface area contributed by atoms with E-state index in [-0.39, 0.29) is 17.6 Å². The molecule has 1 saturated heterocycles. The molecule has 0 radical (unpaired) electrons. The smallest absolute Gasteiger partial charge is 0.274 e. The van der Waals surface area contributed by atoms with E-state index in [1.165, 1.54) is 12.1 Å². The van der Waals surface area contributed by atoms with Crippen LogP contribution in [-0.2, 0) is 13.1 Å². The summed E-state index contributed by atoms with van der Waals surface area (Å²) in [5, 5.41) is 4.39. The molecule has 3 heterocycles. The zero-order valence-electron chi connectivity index (χ0n) is 14.5. The molecule has 1 aromatic heterocycles. The number of hydrogen-bond acceptors (Lipinski definition) is 3. The molecular formula is C19H21FN4O2. The summed E-state index contributed by atoms with van der Waals surface area (Å²) < 4.78 is 14.7. The van der Waals surface area contributed by atoms with Crippen molar-refractivity contribution < 1.29 is 14.0 Å². The number of carbonyl (C=O) groups excluding carboxylic acids is 2. The Bertz CT molecular complexity index is 825. The van der Waals surface area contributed by atoms with Crippen LogP contribution in [0.15, 0.2) is 30.3 Å². The van der Waals surface area contributed by atoms with E-state index in [4.69, 9.17) is 0 Å². The lowest BCUT2D eigenvalue weighted by Gasteiger charge is -2.20. The summed E-state index contributed by atoms with van der Waals surface area (Å²) in [7, 11) is 0. The quantitative estimate of drug-likeness (QED) is 0.848. The molecule has 26 heavy (non-hydrogen) atoms. The molecule has 7 heteroatoms. The molecule has 0 aliphatic carbocycles. The number of hydrogen-bond donors (Lipinski definition) is 0. The molecule has 0 unspecified atom stereocenters. The summed E-state index contributed by atoms with van der Waals surface area (Å²) in [6.07, 6.45) is 2.80. The summed E-state index contributed by atoms with van der Waals surface area (Å²) in [6, 6.07) is 7.79. The van der Waals surface area contributed by atoms with Crippen LogP contribution in [0.4, 0.5) is 4.39 Å². The van der Waals surface area contributed by atoms with E-state index < -0.39 is 0 Å². The van der Waals surface area contributed by atoms with Gasteiger partial charge in [0.05, 0.1) is 0 Å². The van der Waals surface area contributed by atoms with Crippen molar-refractivity contribution in [2.24, 2.45) is 0 Å². The number of nitrogens with zero attached hydrogens (tertiary/aromatic N) is 4. The number of aromatic nitrogens is 2. The van der Waals surface area contributed by atoms with Crippen molar-refractivity contribution in [2.75, 3.05) is 19.6 Å². The van der Waals surface area contributed by atoms with Crippen molar-refractivity contribution in [1.82, 2.24) is 19.6 Å². The topological polar surface area (TPSA) is 58.4 Å². The zero-order valence-corrected chi connectivity index (χ0v) is 14.5. The molecule has 6 nitrogen and oxygen atoms in total. The van der Waals surface area contributed by atoms with Crippen LogP contribution in [0.2, 0.25) is 0 Å². The van der Waals surface area contributed by atoms with Gasteiger partial charge < -0.3 is 9.80 Å². The Kier molecular flexibility index (Phi) is 4.44. The van der Waals surface area contributed by atoms with E-state index in [9.17, 15) is 14.0 Å². The highest BCUT2D eigenvalue weighted by atomic mass is 19.1. The van der Waals surface area contributed by atoms with Gasteiger partial charge in [-0.05, 0) is 37.0 Å². The molecule has 0 saturated carbocycles. The molecule has 1 fully saturated rings. The monoisotopic (exact) mass is 356 g/mol. The standard InChI is InChI=1S/C19H21FN4O2/c20-15-6-4-14(5-7-15)13-23-10-3-11-24-17(19(23)26)12-16(21-24)18(25)22-8-1-2-9-22/h4-7,12H,1-3,8-11,13H2. The summed E-state index contributed by atoms with van der Waals surface area (Å²) in [5.41, 5.74) is 1.67. The Hall–Kier alpha value is -2.70. The Balaban J connectivity index is 1.55. The fraction of sp³-hybridized carbons (Fsp3) is 0.421. The van der Waals surface area contributed by atoms with Gasteiger partial charge in [0.25, 0.3) is 11.8 Å². The number of carbonyl (C=O) groups is 2. The summed E-state index contributed by atoms with van der Waals surface area (Å²) in [6.45, 7) is 3.14. The van der Waals surface area contributed by atoms with Crippen LogP contribution in [0.1, 0.15) is 45.8 Å². The van der Waals surface area contributed by atoms with E-state index in [0.29, 0.717) is 31.0 Å². The van der Waals surface area contributed by atoms with Crippen LogP contribution in [0.3, 0.4) is 0 Å². The third kappa shape index (κ3) is 3.21. The van der Waals surface area contributed by atoms with Crippen LogP contribution >= 0.6 is 0 Å². The highest BCUT2D eigenvalue weighted by molar-refractivity contribution is 5.98. The van der Waals surface area contributed by atoms with Crippen molar-refractivity contribution in [3.8, 4) is 0 Å². The minimum Gasteiger partial charge on any atom is -0.337 e. The van der Waals surface area contributed by atoms with Crippen LogP contribution < -0.4 is 0 Å². The Morgan fingerprint density at radius 3 is 2.50 bits per heavy atom. The third-order valence-corrected chi connectivity index (χ3v) is 4.98. The van der Waals surface area contributed by atoms with Gasteiger partial charge in [0.2, 0.25) is 0 Å². The van der Waals surface area contributed by atoms with Crippen molar-refractivity contribution in [1.29, 1.82) is 0 Å². The minimum atomic E-state index is -0.293. The lowest BCUT2D eigenvalue weighted by molar-refractivity contribution is 0.0745. The zero-order chi connectivity index (χ0) is 18.1. The maximum atomic E-state index is 13.1. The number of likely N-dealkylation sites (tertiary alicyclic amines) is 1. The molecule has 0 atom stereocenters. The van der Waals surface area contributed by atoms with Crippen molar-refractivity contribution in [3.63, 3.8) is 0 Å². The molecule has 0 N–H and O–H groups in total. The average molecular weight is 356 g/mol. The first kappa shape index (κ1) is 16.8. The lowest BCUT2D eigenvalue weighted by atomic mass is 10.2. The second-order valence-corrected chi connectivity index (χ2v) is 6.84. The van der Waals surface area contributed by atoms with Gasteiger partial charge in [0.15, 0.2) is 5.69 Å². The summed E-state index contributed by atoms with van der Waals surface area (Å²) in [4.78, 5) is 29.0. The highest BCUT2D eigenvalue weighted by Crippen LogP contribution is 2.19. The van der Waals surface area contributed by atoms with Gasteiger partial charge in [-0.15, -0.1) is 0 Å².